The average Bonchev–Trinajstić information content (AvgIpc) is 2.28. The second kappa shape index (κ2) is 3.51. The summed E-state index contributed by atoms with van der Waals surface area (Å²) >= 11 is 3.02. The average molecular weight is 225 g/mol. The first-order chi connectivity index (χ1) is 5.15. The molecule has 0 aliphatic carbocycles. The molecule has 11 heavy (non-hydrogen) atoms. The fourth-order valence-corrected chi connectivity index (χ4v) is 1.36. The fourth-order valence-electron chi connectivity index (χ4n) is 0.988. The number of alkyl halides is 1. The van der Waals surface area contributed by atoms with Crippen LogP contribution in [0.3, 0.4) is 0 Å². The van der Waals surface area contributed by atoms with Crippen molar-refractivity contribution in [2.75, 3.05) is 5.33 Å². The number of rotatable bonds is 2. The highest BCUT2D eigenvalue weighted by Crippen LogP contribution is 2.18. The van der Waals surface area contributed by atoms with E-state index < -0.39 is 24.3 Å². The Hall–Kier alpha value is -0.130. The van der Waals surface area contributed by atoms with E-state index >= 15 is 0 Å². The highest BCUT2D eigenvalue weighted by Gasteiger charge is 2.37. The van der Waals surface area contributed by atoms with E-state index in [2.05, 4.69) is 20.7 Å². The lowest BCUT2D eigenvalue weighted by Gasteiger charge is -2.16. The van der Waals surface area contributed by atoms with Gasteiger partial charge in [0.05, 0.1) is 6.42 Å². The van der Waals surface area contributed by atoms with Gasteiger partial charge in [-0.25, -0.2) is 0 Å². The lowest BCUT2D eigenvalue weighted by Crippen LogP contribution is -2.35. The predicted octanol–water partition coefficient (Wildman–Crippen LogP) is -0.581. The lowest BCUT2D eigenvalue weighted by molar-refractivity contribution is -0.145. The molecule has 1 heterocycles. The first-order valence-corrected chi connectivity index (χ1v) is 4.39. The minimum atomic E-state index is -0.866. The van der Waals surface area contributed by atoms with Gasteiger partial charge in [0.15, 0.2) is 6.10 Å². The molecule has 64 valence electrons. The number of hydrogen-bond donors (Lipinski definition) is 2. The van der Waals surface area contributed by atoms with Crippen molar-refractivity contribution >= 4 is 21.9 Å². The number of halogens is 1. The summed E-state index contributed by atoms with van der Waals surface area (Å²) in [5.74, 6) is -0.456. The lowest BCUT2D eigenvalue weighted by atomic mass is 10.1. The molecule has 0 amide bonds. The van der Waals surface area contributed by atoms with Crippen molar-refractivity contribution in [2.24, 2.45) is 0 Å². The molecule has 3 atom stereocenters. The summed E-state index contributed by atoms with van der Waals surface area (Å²) in [6, 6.07) is 0. The topological polar surface area (TPSA) is 66.8 Å². The molecular formula is C6H9BrO4. The van der Waals surface area contributed by atoms with E-state index in [1.165, 1.54) is 0 Å². The van der Waals surface area contributed by atoms with Crippen molar-refractivity contribution in [3.63, 3.8) is 0 Å². The molecule has 1 aliphatic heterocycles. The molecule has 0 unspecified atom stereocenters. The van der Waals surface area contributed by atoms with Gasteiger partial charge in [-0.3, -0.25) is 4.79 Å². The Balaban J connectivity index is 2.52. The van der Waals surface area contributed by atoms with Crippen LogP contribution >= 0.6 is 15.9 Å². The molecular weight excluding hydrogens is 216 g/mol. The molecule has 0 bridgehead atoms. The van der Waals surface area contributed by atoms with Gasteiger partial charge in [-0.05, 0) is 0 Å². The SMILES string of the molecule is O=C1C[C@@H](O)[C@@H]([C@H](O)CBr)O1. The van der Waals surface area contributed by atoms with Gasteiger partial charge in [0.25, 0.3) is 0 Å². The van der Waals surface area contributed by atoms with Crippen molar-refractivity contribution < 1.29 is 19.7 Å². The van der Waals surface area contributed by atoms with Gasteiger partial charge >= 0.3 is 5.97 Å². The molecule has 0 aromatic rings. The molecule has 4 nitrogen and oxygen atoms in total. The fraction of sp³-hybridized carbons (Fsp3) is 0.833. The van der Waals surface area contributed by atoms with E-state index in [1.54, 1.807) is 0 Å². The van der Waals surface area contributed by atoms with Crippen LogP contribution in [0.25, 0.3) is 0 Å². The van der Waals surface area contributed by atoms with Crippen LogP contribution in [0.5, 0.6) is 0 Å². The Morgan fingerprint density at radius 1 is 1.82 bits per heavy atom. The minimum absolute atomic E-state index is 0.0191. The first kappa shape index (κ1) is 8.96. The van der Waals surface area contributed by atoms with Crippen molar-refractivity contribution in [3.8, 4) is 0 Å². The van der Waals surface area contributed by atoms with Gasteiger partial charge in [-0.2, -0.15) is 0 Å². The van der Waals surface area contributed by atoms with Crippen LogP contribution in [-0.4, -0.2) is 39.8 Å². The second-order valence-corrected chi connectivity index (χ2v) is 3.10. The predicted molar refractivity (Wildman–Crippen MR) is 40.3 cm³/mol. The van der Waals surface area contributed by atoms with E-state index in [4.69, 9.17) is 10.2 Å². The summed E-state index contributed by atoms with van der Waals surface area (Å²) in [7, 11) is 0. The zero-order chi connectivity index (χ0) is 8.43. The number of aliphatic hydroxyl groups excluding tert-OH is 2. The van der Waals surface area contributed by atoms with Crippen molar-refractivity contribution in [2.45, 2.75) is 24.7 Å². The number of cyclic esters (lactones) is 1. The van der Waals surface area contributed by atoms with Gasteiger partial charge < -0.3 is 14.9 Å². The van der Waals surface area contributed by atoms with E-state index in [-0.39, 0.29) is 6.42 Å². The van der Waals surface area contributed by atoms with Crippen LogP contribution in [0.1, 0.15) is 6.42 Å². The van der Waals surface area contributed by atoms with Gasteiger partial charge in [-0.1, -0.05) is 15.9 Å². The quantitative estimate of drug-likeness (QED) is 0.487. The second-order valence-electron chi connectivity index (χ2n) is 2.45. The molecule has 1 aliphatic rings. The Bertz CT molecular complexity index is 161. The molecule has 0 aromatic carbocycles. The van der Waals surface area contributed by atoms with Crippen molar-refractivity contribution in [1.29, 1.82) is 0 Å². The summed E-state index contributed by atoms with van der Waals surface area (Å²) < 4.78 is 4.66. The van der Waals surface area contributed by atoms with Crippen LogP contribution in [-0.2, 0) is 9.53 Å². The van der Waals surface area contributed by atoms with Crippen LogP contribution in [0, 0.1) is 0 Å². The Morgan fingerprint density at radius 3 is 2.82 bits per heavy atom. The molecule has 2 N–H and O–H groups in total. The maximum Gasteiger partial charge on any atom is 0.309 e. The van der Waals surface area contributed by atoms with Gasteiger partial charge in [0.2, 0.25) is 0 Å². The molecule has 0 saturated carbocycles. The van der Waals surface area contributed by atoms with Gasteiger partial charge in [0, 0.05) is 5.33 Å². The Kier molecular flexibility index (Phi) is 2.86. The number of ether oxygens (including phenoxy) is 1. The highest BCUT2D eigenvalue weighted by molar-refractivity contribution is 9.09. The largest absolute Gasteiger partial charge is 0.457 e. The number of carbonyl (C=O) groups is 1. The van der Waals surface area contributed by atoms with Crippen LogP contribution in [0.15, 0.2) is 0 Å². The molecule has 0 spiro atoms. The van der Waals surface area contributed by atoms with Crippen LogP contribution in [0.4, 0.5) is 0 Å². The van der Waals surface area contributed by atoms with E-state index in [1.807, 2.05) is 0 Å². The highest BCUT2D eigenvalue weighted by atomic mass is 79.9. The zero-order valence-electron chi connectivity index (χ0n) is 5.74. The van der Waals surface area contributed by atoms with Crippen LogP contribution < -0.4 is 0 Å². The third kappa shape index (κ3) is 1.91. The maximum absolute atomic E-state index is 10.6. The monoisotopic (exact) mass is 224 g/mol. The van der Waals surface area contributed by atoms with Gasteiger partial charge in [0.1, 0.15) is 12.2 Å². The third-order valence-electron chi connectivity index (χ3n) is 1.56. The van der Waals surface area contributed by atoms with Gasteiger partial charge in [-0.15, -0.1) is 0 Å². The van der Waals surface area contributed by atoms with E-state index in [0.29, 0.717) is 5.33 Å². The Morgan fingerprint density at radius 2 is 2.45 bits per heavy atom. The normalized spacial score (nSPS) is 33.5. The molecule has 0 aromatic heterocycles. The summed E-state index contributed by atoms with van der Waals surface area (Å²) in [4.78, 5) is 10.6. The Labute approximate surface area is 72.3 Å². The number of aliphatic hydroxyl groups is 2. The smallest absolute Gasteiger partial charge is 0.309 e. The molecule has 0 radical (unpaired) electrons. The minimum Gasteiger partial charge on any atom is -0.457 e. The molecule has 1 saturated heterocycles. The summed E-state index contributed by atoms with van der Waals surface area (Å²) in [5, 5.41) is 18.6. The van der Waals surface area contributed by atoms with Crippen LogP contribution in [0.2, 0.25) is 0 Å². The van der Waals surface area contributed by atoms with Crippen molar-refractivity contribution in [3.05, 3.63) is 0 Å². The first-order valence-electron chi connectivity index (χ1n) is 3.26. The standard InChI is InChI=1S/C6H9BrO4/c7-2-4(9)6-3(8)1-5(10)11-6/h3-4,6,8-9H,1-2H2/t3-,4-,6+/m1/s1. The molecule has 5 heteroatoms. The number of esters is 1. The zero-order valence-corrected chi connectivity index (χ0v) is 7.32. The molecule has 1 fully saturated rings. The third-order valence-corrected chi connectivity index (χ3v) is 2.22. The summed E-state index contributed by atoms with van der Waals surface area (Å²) in [6.45, 7) is 0. The number of carbonyl (C=O) groups excluding carboxylic acids is 1. The number of hydrogen-bond acceptors (Lipinski definition) is 4. The van der Waals surface area contributed by atoms with E-state index in [9.17, 15) is 4.79 Å². The summed E-state index contributed by atoms with van der Waals surface area (Å²) in [5.41, 5.74) is 0. The maximum atomic E-state index is 10.6. The molecule has 1 rings (SSSR count). The summed E-state index contributed by atoms with van der Waals surface area (Å²) in [6.07, 6.45) is -2.47. The van der Waals surface area contributed by atoms with E-state index in [0.717, 1.165) is 0 Å². The van der Waals surface area contributed by atoms with Crippen molar-refractivity contribution in [1.82, 2.24) is 0 Å².